The molecule has 2 aromatic heterocycles. The van der Waals surface area contributed by atoms with Gasteiger partial charge < -0.3 is 10.1 Å². The van der Waals surface area contributed by atoms with Crippen molar-refractivity contribution in [1.82, 2.24) is 19.6 Å². The summed E-state index contributed by atoms with van der Waals surface area (Å²) in [6.07, 6.45) is 0. The van der Waals surface area contributed by atoms with Crippen molar-refractivity contribution in [2.75, 3.05) is 25.6 Å². The van der Waals surface area contributed by atoms with E-state index in [1.54, 1.807) is 29.7 Å². The van der Waals surface area contributed by atoms with Gasteiger partial charge in [0.15, 0.2) is 11.5 Å². The van der Waals surface area contributed by atoms with Crippen LogP contribution in [-0.2, 0) is 4.74 Å². The number of rotatable bonds is 5. The van der Waals surface area contributed by atoms with E-state index in [0.717, 1.165) is 16.5 Å². The lowest BCUT2D eigenvalue weighted by Gasteiger charge is -2.12. The Morgan fingerprint density at radius 1 is 1.15 bits per heavy atom. The van der Waals surface area contributed by atoms with Gasteiger partial charge in [-0.25, -0.2) is 13.8 Å². The van der Waals surface area contributed by atoms with Gasteiger partial charge in [0.1, 0.15) is 5.82 Å². The second kappa shape index (κ2) is 6.68. The number of halogens is 1. The lowest BCUT2D eigenvalue weighted by atomic mass is 10.1. The molecule has 0 unspecified atom stereocenters. The zero-order valence-electron chi connectivity index (χ0n) is 14.5. The summed E-state index contributed by atoms with van der Waals surface area (Å²) in [5.41, 5.74) is 2.91. The first kappa shape index (κ1) is 16.4. The van der Waals surface area contributed by atoms with Crippen molar-refractivity contribution in [2.24, 2.45) is 0 Å². The molecule has 0 aliphatic carbocycles. The normalized spacial score (nSPS) is 11.3. The van der Waals surface area contributed by atoms with Crippen LogP contribution in [0.1, 0.15) is 5.56 Å². The van der Waals surface area contributed by atoms with E-state index in [1.165, 1.54) is 6.07 Å². The average molecular weight is 351 g/mol. The van der Waals surface area contributed by atoms with Crippen LogP contribution in [0.3, 0.4) is 0 Å². The van der Waals surface area contributed by atoms with Crippen molar-refractivity contribution in [2.45, 2.75) is 6.92 Å². The molecule has 7 heteroatoms. The first-order valence-corrected chi connectivity index (χ1v) is 8.32. The van der Waals surface area contributed by atoms with E-state index in [2.05, 4.69) is 15.5 Å². The molecule has 0 aliphatic rings. The van der Waals surface area contributed by atoms with Crippen LogP contribution in [0.4, 0.5) is 10.3 Å². The molecule has 0 radical (unpaired) electrons. The summed E-state index contributed by atoms with van der Waals surface area (Å²) >= 11 is 0. The number of hydrogen-bond donors (Lipinski definition) is 1. The minimum Gasteiger partial charge on any atom is -0.383 e. The highest BCUT2D eigenvalue weighted by Crippen LogP contribution is 2.28. The van der Waals surface area contributed by atoms with E-state index in [0.29, 0.717) is 36.1 Å². The van der Waals surface area contributed by atoms with Crippen LogP contribution >= 0.6 is 0 Å². The molecule has 2 aromatic carbocycles. The standard InChI is InChI=1S/C19H18FN5O/c1-12-7-8-16-14(11-12)18-24-23-17(13-5-3-4-6-15(13)20)25(18)19(22-16)21-9-10-26-2/h3-8,11H,9-10H2,1-2H3,(H,21,22). The zero-order chi connectivity index (χ0) is 18.1. The van der Waals surface area contributed by atoms with Gasteiger partial charge in [0, 0.05) is 19.0 Å². The van der Waals surface area contributed by atoms with E-state index in [4.69, 9.17) is 9.72 Å². The number of anilines is 1. The second-order valence-electron chi connectivity index (χ2n) is 6.04. The molecular formula is C19H18FN5O. The number of methoxy groups -OCH3 is 1. The summed E-state index contributed by atoms with van der Waals surface area (Å²) in [7, 11) is 1.64. The van der Waals surface area contributed by atoms with Crippen molar-refractivity contribution in [1.29, 1.82) is 0 Å². The van der Waals surface area contributed by atoms with Crippen LogP contribution in [0, 0.1) is 12.7 Å². The monoisotopic (exact) mass is 351 g/mol. The van der Waals surface area contributed by atoms with Gasteiger partial charge in [-0.1, -0.05) is 23.8 Å². The quantitative estimate of drug-likeness (QED) is 0.558. The first-order chi connectivity index (χ1) is 12.7. The number of nitrogens with one attached hydrogen (secondary N) is 1. The van der Waals surface area contributed by atoms with Crippen LogP contribution in [0.25, 0.3) is 27.9 Å². The molecule has 1 N–H and O–H groups in total. The smallest absolute Gasteiger partial charge is 0.211 e. The Morgan fingerprint density at radius 2 is 2.00 bits per heavy atom. The Bertz CT molecular complexity index is 1090. The fourth-order valence-electron chi connectivity index (χ4n) is 2.95. The average Bonchev–Trinajstić information content (AvgIpc) is 3.08. The van der Waals surface area contributed by atoms with E-state index in [1.807, 2.05) is 25.1 Å². The first-order valence-electron chi connectivity index (χ1n) is 8.32. The van der Waals surface area contributed by atoms with Crippen molar-refractivity contribution in [3.63, 3.8) is 0 Å². The van der Waals surface area contributed by atoms with Gasteiger partial charge in [-0.15, -0.1) is 10.2 Å². The molecule has 0 amide bonds. The molecule has 0 aliphatic heterocycles. The Kier molecular flexibility index (Phi) is 4.22. The van der Waals surface area contributed by atoms with Gasteiger partial charge in [-0.2, -0.15) is 0 Å². The van der Waals surface area contributed by atoms with E-state index < -0.39 is 0 Å². The van der Waals surface area contributed by atoms with Crippen LogP contribution in [0.5, 0.6) is 0 Å². The van der Waals surface area contributed by atoms with Gasteiger partial charge in [0.2, 0.25) is 5.95 Å². The highest BCUT2D eigenvalue weighted by molar-refractivity contribution is 5.93. The fraction of sp³-hybridized carbons (Fsp3) is 0.211. The minimum atomic E-state index is -0.353. The number of fused-ring (bicyclic) bond motifs is 3. The summed E-state index contributed by atoms with van der Waals surface area (Å²) < 4.78 is 21.2. The Hall–Kier alpha value is -3.06. The van der Waals surface area contributed by atoms with E-state index in [9.17, 15) is 4.39 Å². The van der Waals surface area contributed by atoms with Gasteiger partial charge in [-0.3, -0.25) is 0 Å². The van der Waals surface area contributed by atoms with Gasteiger partial charge >= 0.3 is 0 Å². The van der Waals surface area contributed by atoms with Gasteiger partial charge in [-0.05, 0) is 31.2 Å². The van der Waals surface area contributed by atoms with E-state index >= 15 is 0 Å². The Labute approximate surface area is 149 Å². The van der Waals surface area contributed by atoms with Crippen LogP contribution in [0.2, 0.25) is 0 Å². The summed E-state index contributed by atoms with van der Waals surface area (Å²) in [5, 5.41) is 12.7. The SMILES string of the molecule is COCCNc1nc2ccc(C)cc2c2nnc(-c3ccccc3F)n12. The zero-order valence-corrected chi connectivity index (χ0v) is 14.5. The highest BCUT2D eigenvalue weighted by Gasteiger charge is 2.18. The predicted octanol–water partition coefficient (Wildman–Crippen LogP) is 3.45. The van der Waals surface area contributed by atoms with Gasteiger partial charge in [0.05, 0.1) is 17.7 Å². The third kappa shape index (κ3) is 2.76. The summed E-state index contributed by atoms with van der Waals surface area (Å²) in [4.78, 5) is 4.70. The molecule has 0 atom stereocenters. The molecule has 0 bridgehead atoms. The molecule has 0 spiro atoms. The molecule has 2 heterocycles. The van der Waals surface area contributed by atoms with E-state index in [-0.39, 0.29) is 5.82 Å². The number of nitrogens with zero attached hydrogens (tertiary/aromatic N) is 4. The Morgan fingerprint density at radius 3 is 2.81 bits per heavy atom. The van der Waals surface area contributed by atoms with Crippen LogP contribution in [0.15, 0.2) is 42.5 Å². The number of benzene rings is 2. The lowest BCUT2D eigenvalue weighted by molar-refractivity contribution is 0.210. The molecule has 26 heavy (non-hydrogen) atoms. The Balaban J connectivity index is 2.00. The molecule has 0 saturated carbocycles. The summed E-state index contributed by atoms with van der Waals surface area (Å²) in [6.45, 7) is 3.09. The van der Waals surface area contributed by atoms with Crippen molar-refractivity contribution in [3.8, 4) is 11.4 Å². The molecule has 0 saturated heterocycles. The summed E-state index contributed by atoms with van der Waals surface area (Å²) in [6, 6.07) is 12.5. The molecule has 132 valence electrons. The predicted molar refractivity (Wildman–Crippen MR) is 98.8 cm³/mol. The third-order valence-electron chi connectivity index (χ3n) is 4.20. The maximum Gasteiger partial charge on any atom is 0.211 e. The maximum absolute atomic E-state index is 14.4. The van der Waals surface area contributed by atoms with Crippen molar-refractivity contribution >= 4 is 22.5 Å². The fourth-order valence-corrected chi connectivity index (χ4v) is 2.95. The van der Waals surface area contributed by atoms with Crippen LogP contribution in [-0.4, -0.2) is 39.8 Å². The van der Waals surface area contributed by atoms with Crippen molar-refractivity contribution < 1.29 is 9.13 Å². The number of aromatic nitrogens is 4. The summed E-state index contributed by atoms with van der Waals surface area (Å²) in [5.74, 6) is 0.611. The number of ether oxygens (including phenoxy) is 1. The second-order valence-corrected chi connectivity index (χ2v) is 6.04. The molecule has 4 aromatic rings. The van der Waals surface area contributed by atoms with Gasteiger partial charge in [0.25, 0.3) is 0 Å². The molecule has 0 fully saturated rings. The number of aryl methyl sites for hydroxylation is 1. The highest BCUT2D eigenvalue weighted by atomic mass is 19.1. The molecular weight excluding hydrogens is 333 g/mol. The molecule has 4 rings (SSSR count). The third-order valence-corrected chi connectivity index (χ3v) is 4.20. The largest absolute Gasteiger partial charge is 0.383 e. The minimum absolute atomic E-state index is 0.353. The van der Waals surface area contributed by atoms with Crippen LogP contribution < -0.4 is 5.32 Å². The maximum atomic E-state index is 14.4. The lowest BCUT2D eigenvalue weighted by Crippen LogP contribution is -2.13. The number of hydrogen-bond acceptors (Lipinski definition) is 5. The molecule has 6 nitrogen and oxygen atoms in total. The topological polar surface area (TPSA) is 64.3 Å². The van der Waals surface area contributed by atoms with Crippen molar-refractivity contribution in [3.05, 3.63) is 53.8 Å².